The van der Waals surface area contributed by atoms with Crippen LogP contribution in [-0.4, -0.2) is 42.5 Å². The number of carbonyl (C=O) groups is 2. The minimum absolute atomic E-state index is 0.0663. The fourth-order valence-corrected chi connectivity index (χ4v) is 1.81. The normalized spacial score (nSPS) is 20.4. The van der Waals surface area contributed by atoms with Gasteiger partial charge in [0.2, 0.25) is 0 Å². The third-order valence-corrected chi connectivity index (χ3v) is 2.67. The van der Waals surface area contributed by atoms with Crippen LogP contribution < -0.4 is 10.6 Å². The molecule has 1 saturated heterocycles. The Morgan fingerprint density at radius 3 is 2.75 bits per heavy atom. The molecule has 16 heavy (non-hydrogen) atoms. The molecule has 92 valence electrons. The van der Waals surface area contributed by atoms with Crippen LogP contribution in [0.25, 0.3) is 0 Å². The summed E-state index contributed by atoms with van der Waals surface area (Å²) in [4.78, 5) is 24.6. The number of rotatable bonds is 7. The van der Waals surface area contributed by atoms with Gasteiger partial charge in [0.25, 0.3) is 5.91 Å². The molecule has 5 heteroatoms. The molecule has 0 bridgehead atoms. The van der Waals surface area contributed by atoms with Crippen LogP contribution in [0.2, 0.25) is 0 Å². The molecule has 1 heterocycles. The number of amides is 3. The molecule has 0 aromatic heterocycles. The maximum atomic E-state index is 11.8. The van der Waals surface area contributed by atoms with E-state index in [0.29, 0.717) is 6.54 Å². The number of nitrogens with one attached hydrogen (secondary N) is 2. The summed E-state index contributed by atoms with van der Waals surface area (Å²) in [6.07, 6.45) is 2.45. The number of imide groups is 1. The van der Waals surface area contributed by atoms with Crippen LogP contribution in [0.1, 0.15) is 33.1 Å². The smallest absolute Gasteiger partial charge is 0.324 e. The predicted molar refractivity (Wildman–Crippen MR) is 62.1 cm³/mol. The minimum Gasteiger partial charge on any atom is -0.326 e. The Hall–Kier alpha value is -1.10. The molecule has 0 saturated carbocycles. The van der Waals surface area contributed by atoms with Crippen molar-refractivity contribution >= 4 is 11.9 Å². The van der Waals surface area contributed by atoms with E-state index in [4.69, 9.17) is 0 Å². The summed E-state index contributed by atoms with van der Waals surface area (Å²) in [5.74, 6) is -0.0663. The number of nitrogens with zero attached hydrogens (tertiary/aromatic N) is 1. The first-order valence-electron chi connectivity index (χ1n) is 6.03. The van der Waals surface area contributed by atoms with Crippen LogP contribution in [-0.2, 0) is 4.79 Å². The molecule has 0 aliphatic carbocycles. The fraction of sp³-hybridized carbons (Fsp3) is 0.818. The number of hydrogen-bond donors (Lipinski definition) is 2. The molecule has 1 unspecified atom stereocenters. The molecule has 5 nitrogen and oxygen atoms in total. The highest BCUT2D eigenvalue weighted by Gasteiger charge is 2.36. The van der Waals surface area contributed by atoms with Gasteiger partial charge in [-0.15, -0.1) is 0 Å². The van der Waals surface area contributed by atoms with E-state index in [2.05, 4.69) is 10.6 Å². The average Bonchev–Trinajstić information content (AvgIpc) is 2.52. The number of hydrogen-bond acceptors (Lipinski definition) is 3. The Bertz CT molecular complexity index is 256. The van der Waals surface area contributed by atoms with E-state index in [1.54, 1.807) is 0 Å². The van der Waals surface area contributed by atoms with Crippen LogP contribution in [0.3, 0.4) is 0 Å². The molecule has 2 N–H and O–H groups in total. The SMILES string of the molecule is CCCC1NC(=O)N(CCCNCC)C1=O. The summed E-state index contributed by atoms with van der Waals surface area (Å²) in [5.41, 5.74) is 0. The van der Waals surface area contributed by atoms with Crippen molar-refractivity contribution in [1.29, 1.82) is 0 Å². The second kappa shape index (κ2) is 6.48. The van der Waals surface area contributed by atoms with Gasteiger partial charge in [-0.25, -0.2) is 4.79 Å². The molecule has 1 rings (SSSR count). The van der Waals surface area contributed by atoms with Crippen molar-refractivity contribution in [3.05, 3.63) is 0 Å². The quantitative estimate of drug-likeness (QED) is 0.497. The molecule has 1 aliphatic rings. The standard InChI is InChI=1S/C11H21N3O2/c1-3-6-9-10(15)14(11(16)13-9)8-5-7-12-4-2/h9,12H,3-8H2,1-2H3,(H,13,16). The highest BCUT2D eigenvalue weighted by Crippen LogP contribution is 2.11. The second-order valence-electron chi connectivity index (χ2n) is 3.99. The average molecular weight is 227 g/mol. The molecule has 0 aromatic carbocycles. The zero-order chi connectivity index (χ0) is 12.0. The van der Waals surface area contributed by atoms with Crippen LogP contribution in [0.15, 0.2) is 0 Å². The van der Waals surface area contributed by atoms with Gasteiger partial charge in [0.05, 0.1) is 0 Å². The molecule has 3 amide bonds. The van der Waals surface area contributed by atoms with E-state index >= 15 is 0 Å². The lowest BCUT2D eigenvalue weighted by atomic mass is 10.2. The lowest BCUT2D eigenvalue weighted by molar-refractivity contribution is -0.127. The van der Waals surface area contributed by atoms with Gasteiger partial charge < -0.3 is 10.6 Å². The van der Waals surface area contributed by atoms with Crippen molar-refractivity contribution in [1.82, 2.24) is 15.5 Å². The molecule has 0 spiro atoms. The maximum absolute atomic E-state index is 11.8. The maximum Gasteiger partial charge on any atom is 0.324 e. The molecule has 1 aliphatic heterocycles. The molecule has 1 atom stereocenters. The van der Waals surface area contributed by atoms with E-state index in [1.807, 2.05) is 13.8 Å². The number of carbonyl (C=O) groups excluding carboxylic acids is 2. The first-order chi connectivity index (χ1) is 7.70. The second-order valence-corrected chi connectivity index (χ2v) is 3.99. The van der Waals surface area contributed by atoms with Crippen molar-refractivity contribution in [2.45, 2.75) is 39.2 Å². The van der Waals surface area contributed by atoms with Gasteiger partial charge in [-0.3, -0.25) is 9.69 Å². The van der Waals surface area contributed by atoms with Crippen molar-refractivity contribution in [3.8, 4) is 0 Å². The molecule has 0 aromatic rings. The van der Waals surface area contributed by atoms with Crippen molar-refractivity contribution in [2.24, 2.45) is 0 Å². The Morgan fingerprint density at radius 1 is 1.38 bits per heavy atom. The Kier molecular flexibility index (Phi) is 5.25. The summed E-state index contributed by atoms with van der Waals surface area (Å²) in [6.45, 7) is 6.31. The molecular formula is C11H21N3O2. The van der Waals surface area contributed by atoms with Gasteiger partial charge in [0, 0.05) is 6.54 Å². The molecular weight excluding hydrogens is 206 g/mol. The lowest BCUT2D eigenvalue weighted by Crippen LogP contribution is -2.33. The predicted octanol–water partition coefficient (Wildman–Crippen LogP) is 0.706. The first kappa shape index (κ1) is 13.0. The minimum atomic E-state index is -0.295. The first-order valence-corrected chi connectivity index (χ1v) is 6.03. The molecule has 0 radical (unpaired) electrons. The monoisotopic (exact) mass is 227 g/mol. The van der Waals surface area contributed by atoms with Gasteiger partial charge in [-0.05, 0) is 25.9 Å². The Labute approximate surface area is 96.6 Å². The molecule has 1 fully saturated rings. The fourth-order valence-electron chi connectivity index (χ4n) is 1.81. The summed E-state index contributed by atoms with van der Waals surface area (Å²) in [6, 6.07) is -0.531. The van der Waals surface area contributed by atoms with E-state index in [0.717, 1.165) is 32.4 Å². The zero-order valence-corrected chi connectivity index (χ0v) is 10.1. The van der Waals surface area contributed by atoms with Gasteiger partial charge >= 0.3 is 6.03 Å². The van der Waals surface area contributed by atoms with Crippen LogP contribution in [0, 0.1) is 0 Å². The summed E-state index contributed by atoms with van der Waals surface area (Å²) in [7, 11) is 0. The summed E-state index contributed by atoms with van der Waals surface area (Å²) in [5, 5.41) is 5.88. The van der Waals surface area contributed by atoms with Crippen molar-refractivity contribution in [2.75, 3.05) is 19.6 Å². The van der Waals surface area contributed by atoms with Crippen molar-refractivity contribution < 1.29 is 9.59 Å². The number of urea groups is 1. The van der Waals surface area contributed by atoms with Gasteiger partial charge in [0.1, 0.15) is 6.04 Å². The van der Waals surface area contributed by atoms with E-state index in [-0.39, 0.29) is 18.0 Å². The van der Waals surface area contributed by atoms with Crippen molar-refractivity contribution in [3.63, 3.8) is 0 Å². The third kappa shape index (κ3) is 3.20. The van der Waals surface area contributed by atoms with Gasteiger partial charge in [-0.1, -0.05) is 20.3 Å². The Morgan fingerprint density at radius 2 is 2.12 bits per heavy atom. The van der Waals surface area contributed by atoms with Crippen LogP contribution in [0.5, 0.6) is 0 Å². The largest absolute Gasteiger partial charge is 0.326 e. The summed E-state index contributed by atoms with van der Waals surface area (Å²) < 4.78 is 0. The Balaban J connectivity index is 2.36. The third-order valence-electron chi connectivity index (χ3n) is 2.67. The van der Waals surface area contributed by atoms with E-state index in [1.165, 1.54) is 4.90 Å². The van der Waals surface area contributed by atoms with Crippen LogP contribution in [0.4, 0.5) is 4.79 Å². The lowest BCUT2D eigenvalue weighted by Gasteiger charge is -2.12. The van der Waals surface area contributed by atoms with E-state index < -0.39 is 0 Å². The highest BCUT2D eigenvalue weighted by atomic mass is 16.2. The van der Waals surface area contributed by atoms with Gasteiger partial charge in [-0.2, -0.15) is 0 Å². The van der Waals surface area contributed by atoms with Crippen LogP contribution >= 0.6 is 0 Å². The van der Waals surface area contributed by atoms with Gasteiger partial charge in [0.15, 0.2) is 0 Å². The van der Waals surface area contributed by atoms with E-state index in [9.17, 15) is 9.59 Å². The zero-order valence-electron chi connectivity index (χ0n) is 10.1. The summed E-state index contributed by atoms with van der Waals surface area (Å²) >= 11 is 0. The highest BCUT2D eigenvalue weighted by molar-refractivity contribution is 6.04. The topological polar surface area (TPSA) is 61.4 Å².